The highest BCUT2D eigenvalue weighted by Gasteiger charge is 2.09. The van der Waals surface area contributed by atoms with Gasteiger partial charge in [0.25, 0.3) is 0 Å². The number of benzene rings is 1. The highest BCUT2D eigenvalue weighted by atomic mass is 15.5. The molecule has 0 fully saturated rings. The molecule has 3 N–H and O–H groups in total. The molecule has 0 heterocycles. The molecule has 1 unspecified atom stereocenters. The molecule has 1 atom stereocenters. The molecule has 0 aromatic heterocycles. The SMILES string of the molecule is C=C(NC1=C(C)C=CCC=C1)Nc1ccc(N(/C=C(\C)CCCC)NC(C)CC)cc1. The fourth-order valence-corrected chi connectivity index (χ4v) is 3.20. The Balaban J connectivity index is 2.07. The largest absolute Gasteiger partial charge is 0.342 e. The Hall–Kier alpha value is -2.72. The molecule has 0 saturated heterocycles. The molecule has 2 rings (SSSR count). The van der Waals surface area contributed by atoms with Crippen molar-refractivity contribution in [3.63, 3.8) is 0 Å². The van der Waals surface area contributed by atoms with Crippen molar-refractivity contribution in [1.29, 1.82) is 0 Å². The fourth-order valence-electron chi connectivity index (χ4n) is 3.20. The average molecular weight is 421 g/mol. The minimum atomic E-state index is 0.398. The first-order chi connectivity index (χ1) is 14.9. The van der Waals surface area contributed by atoms with Gasteiger partial charge in [0, 0.05) is 23.6 Å². The van der Waals surface area contributed by atoms with Crippen LogP contribution >= 0.6 is 0 Å². The predicted octanol–water partition coefficient (Wildman–Crippen LogP) is 7.15. The lowest BCUT2D eigenvalue weighted by Gasteiger charge is -2.27. The minimum Gasteiger partial charge on any atom is -0.342 e. The van der Waals surface area contributed by atoms with Gasteiger partial charge in [0.15, 0.2) is 0 Å². The van der Waals surface area contributed by atoms with Gasteiger partial charge in [0.05, 0.1) is 5.69 Å². The van der Waals surface area contributed by atoms with Crippen LogP contribution in [-0.4, -0.2) is 6.04 Å². The van der Waals surface area contributed by atoms with Gasteiger partial charge in [-0.1, -0.05) is 50.6 Å². The Kier molecular flexibility index (Phi) is 10.2. The second-order valence-corrected chi connectivity index (χ2v) is 8.30. The Morgan fingerprint density at radius 2 is 1.84 bits per heavy atom. The van der Waals surface area contributed by atoms with Gasteiger partial charge >= 0.3 is 0 Å². The zero-order valence-electron chi connectivity index (χ0n) is 20.0. The van der Waals surface area contributed by atoms with E-state index in [0.29, 0.717) is 6.04 Å². The zero-order chi connectivity index (χ0) is 22.6. The third-order valence-electron chi connectivity index (χ3n) is 5.32. The predicted molar refractivity (Wildman–Crippen MR) is 137 cm³/mol. The second kappa shape index (κ2) is 12.9. The lowest BCUT2D eigenvalue weighted by Crippen LogP contribution is -2.40. The topological polar surface area (TPSA) is 39.3 Å². The van der Waals surface area contributed by atoms with Crippen LogP contribution in [0.5, 0.6) is 0 Å². The van der Waals surface area contributed by atoms with E-state index < -0.39 is 0 Å². The van der Waals surface area contributed by atoms with Gasteiger partial charge in [-0.25, -0.2) is 5.43 Å². The molecule has 1 aromatic rings. The van der Waals surface area contributed by atoms with Crippen LogP contribution in [0.4, 0.5) is 11.4 Å². The van der Waals surface area contributed by atoms with Gasteiger partial charge in [0.2, 0.25) is 0 Å². The van der Waals surface area contributed by atoms with Gasteiger partial charge in [0.1, 0.15) is 5.82 Å². The van der Waals surface area contributed by atoms with Crippen molar-refractivity contribution in [2.45, 2.75) is 72.8 Å². The molecule has 0 saturated carbocycles. The summed E-state index contributed by atoms with van der Waals surface area (Å²) in [4.78, 5) is 0. The van der Waals surface area contributed by atoms with Crippen LogP contribution in [0.1, 0.15) is 66.7 Å². The maximum absolute atomic E-state index is 4.14. The van der Waals surface area contributed by atoms with Crippen molar-refractivity contribution in [2.24, 2.45) is 0 Å². The quantitative estimate of drug-likeness (QED) is 0.314. The van der Waals surface area contributed by atoms with Crippen molar-refractivity contribution >= 4 is 11.4 Å². The first-order valence-electron chi connectivity index (χ1n) is 11.5. The normalized spacial score (nSPS) is 14.9. The summed E-state index contributed by atoms with van der Waals surface area (Å²) in [6.07, 6.45) is 16.4. The highest BCUT2D eigenvalue weighted by molar-refractivity contribution is 5.58. The molecule has 0 radical (unpaired) electrons. The van der Waals surface area contributed by atoms with Crippen LogP contribution in [0.3, 0.4) is 0 Å². The van der Waals surface area contributed by atoms with Crippen molar-refractivity contribution in [3.05, 3.63) is 84.0 Å². The molecule has 0 bridgehead atoms. The van der Waals surface area contributed by atoms with E-state index in [4.69, 9.17) is 0 Å². The minimum absolute atomic E-state index is 0.398. The summed E-state index contributed by atoms with van der Waals surface area (Å²) in [5.74, 6) is 0.756. The van der Waals surface area contributed by atoms with E-state index in [0.717, 1.165) is 42.2 Å². The summed E-state index contributed by atoms with van der Waals surface area (Å²) >= 11 is 0. The molecule has 1 aromatic carbocycles. The molecule has 4 heteroatoms. The van der Waals surface area contributed by atoms with Crippen molar-refractivity contribution in [1.82, 2.24) is 10.7 Å². The molecule has 1 aliphatic carbocycles. The standard InChI is InChI=1S/C27H40N4/c1-7-9-13-21(3)20-31(30-23(5)8-2)26-18-16-25(17-19-26)28-24(6)29-27-15-12-10-11-14-22(27)4/h11-12,14-20,23,28-30H,6-10,13H2,1-5H3/b21-20+. The van der Waals surface area contributed by atoms with E-state index in [2.05, 4.69) is 117 Å². The number of hydrazine groups is 1. The number of hydrogen-bond acceptors (Lipinski definition) is 4. The summed E-state index contributed by atoms with van der Waals surface area (Å²) in [6.45, 7) is 15.1. The van der Waals surface area contributed by atoms with Crippen LogP contribution in [0.2, 0.25) is 0 Å². The first-order valence-corrected chi connectivity index (χ1v) is 11.5. The summed E-state index contributed by atoms with van der Waals surface area (Å²) in [5, 5.41) is 8.90. The van der Waals surface area contributed by atoms with Crippen LogP contribution in [0, 0.1) is 0 Å². The van der Waals surface area contributed by atoms with E-state index in [1.54, 1.807) is 0 Å². The molecular weight excluding hydrogens is 380 g/mol. The second-order valence-electron chi connectivity index (χ2n) is 8.30. The molecule has 31 heavy (non-hydrogen) atoms. The third-order valence-corrected chi connectivity index (χ3v) is 5.32. The zero-order valence-corrected chi connectivity index (χ0v) is 20.0. The Morgan fingerprint density at radius 1 is 1.13 bits per heavy atom. The molecular formula is C27H40N4. The van der Waals surface area contributed by atoms with E-state index in [1.807, 2.05) is 0 Å². The fraction of sp³-hybridized carbons (Fsp3) is 0.407. The van der Waals surface area contributed by atoms with Crippen LogP contribution in [0.15, 0.2) is 84.0 Å². The van der Waals surface area contributed by atoms with E-state index >= 15 is 0 Å². The molecule has 4 nitrogen and oxygen atoms in total. The highest BCUT2D eigenvalue weighted by Crippen LogP contribution is 2.20. The van der Waals surface area contributed by atoms with Gasteiger partial charge in [-0.15, -0.1) is 0 Å². The number of hydrogen-bond donors (Lipinski definition) is 3. The Labute approximate surface area is 189 Å². The number of allylic oxidation sites excluding steroid dienone is 6. The summed E-state index contributed by atoms with van der Waals surface area (Å²) < 4.78 is 0. The monoisotopic (exact) mass is 420 g/mol. The lowest BCUT2D eigenvalue weighted by atomic mass is 10.1. The molecule has 0 amide bonds. The van der Waals surface area contributed by atoms with E-state index in [9.17, 15) is 0 Å². The van der Waals surface area contributed by atoms with Gasteiger partial charge in [-0.2, -0.15) is 0 Å². The van der Waals surface area contributed by atoms with Crippen LogP contribution in [0.25, 0.3) is 0 Å². The van der Waals surface area contributed by atoms with Gasteiger partial charge in [-0.3, -0.25) is 5.01 Å². The number of unbranched alkanes of at least 4 members (excludes halogenated alkanes) is 1. The maximum atomic E-state index is 4.14. The summed E-state index contributed by atoms with van der Waals surface area (Å²) in [5.41, 5.74) is 9.37. The Bertz CT molecular complexity index is 827. The third kappa shape index (κ3) is 8.50. The number of nitrogens with zero attached hydrogens (tertiary/aromatic N) is 1. The van der Waals surface area contributed by atoms with Gasteiger partial charge < -0.3 is 10.6 Å². The summed E-state index contributed by atoms with van der Waals surface area (Å²) in [6, 6.07) is 8.84. The van der Waals surface area contributed by atoms with Crippen LogP contribution < -0.4 is 21.1 Å². The van der Waals surface area contributed by atoms with E-state index in [1.165, 1.54) is 24.0 Å². The number of nitrogens with one attached hydrogen (secondary N) is 3. The first kappa shape index (κ1) is 24.5. The number of rotatable bonds is 12. The summed E-state index contributed by atoms with van der Waals surface area (Å²) in [7, 11) is 0. The molecule has 0 aliphatic heterocycles. The lowest BCUT2D eigenvalue weighted by molar-refractivity contribution is 0.538. The van der Waals surface area contributed by atoms with Crippen LogP contribution in [-0.2, 0) is 0 Å². The smallest absolute Gasteiger partial charge is 0.100 e. The molecule has 0 spiro atoms. The average Bonchev–Trinajstić information content (AvgIpc) is 2.96. The maximum Gasteiger partial charge on any atom is 0.100 e. The number of anilines is 2. The van der Waals surface area contributed by atoms with Crippen molar-refractivity contribution < 1.29 is 0 Å². The van der Waals surface area contributed by atoms with Crippen molar-refractivity contribution in [3.8, 4) is 0 Å². The molecule has 168 valence electrons. The van der Waals surface area contributed by atoms with E-state index in [-0.39, 0.29) is 0 Å². The Morgan fingerprint density at radius 3 is 2.52 bits per heavy atom. The molecule has 1 aliphatic rings. The van der Waals surface area contributed by atoms with Gasteiger partial charge in [-0.05, 0) is 82.4 Å². The van der Waals surface area contributed by atoms with Crippen molar-refractivity contribution in [2.75, 3.05) is 10.3 Å².